The lowest BCUT2D eigenvalue weighted by atomic mass is 9.83. The summed E-state index contributed by atoms with van der Waals surface area (Å²) in [6.07, 6.45) is 5.11. The van der Waals surface area contributed by atoms with Gasteiger partial charge in [0.15, 0.2) is 11.6 Å². The first-order valence-electron chi connectivity index (χ1n) is 36.7. The molecule has 6 N–H and O–H groups in total. The number of nitrogens with one attached hydrogen (secondary N) is 4. The van der Waals surface area contributed by atoms with Gasteiger partial charge in [0.2, 0.25) is 29.5 Å². The van der Waals surface area contributed by atoms with Crippen LogP contribution in [-0.4, -0.2) is 206 Å². The van der Waals surface area contributed by atoms with Gasteiger partial charge < -0.3 is 65.4 Å². The molecule has 105 heavy (non-hydrogen) atoms. The Morgan fingerprint density at radius 1 is 0.724 bits per heavy atom. The molecule has 3 aromatic rings. The Kier molecular flexibility index (Phi) is 37.1. The molecule has 0 aliphatic carbocycles. The lowest BCUT2D eigenvalue weighted by molar-refractivity contribution is -0.149. The number of Topliss-reactive ketones (excluding diaryl/α,β-unsaturated/α-hetero) is 3. The summed E-state index contributed by atoms with van der Waals surface area (Å²) < 4.78 is 29.1. The monoisotopic (exact) mass is 1480 g/mol. The van der Waals surface area contributed by atoms with E-state index in [1.807, 2.05) is 84.2 Å². The van der Waals surface area contributed by atoms with E-state index >= 15 is 0 Å². The molecular weight excluding hydrogens is 1370 g/mol. The van der Waals surface area contributed by atoms with Crippen LogP contribution in [0.2, 0.25) is 0 Å². The Hall–Kier alpha value is -8.31. The molecule has 2 aliphatic heterocycles. The second-order valence-electron chi connectivity index (χ2n) is 28.4. The van der Waals surface area contributed by atoms with Crippen molar-refractivity contribution >= 4 is 87.8 Å². The molecule has 10 amide bonds. The summed E-state index contributed by atoms with van der Waals surface area (Å²) in [6.45, 7) is 17.9. The van der Waals surface area contributed by atoms with Gasteiger partial charge in [0.25, 0.3) is 11.8 Å². The van der Waals surface area contributed by atoms with Gasteiger partial charge in [0.1, 0.15) is 17.4 Å². The summed E-state index contributed by atoms with van der Waals surface area (Å²) >= 11 is 1.47. The highest BCUT2D eigenvalue weighted by Gasteiger charge is 2.44. The van der Waals surface area contributed by atoms with Gasteiger partial charge >= 0.3 is 12.1 Å². The van der Waals surface area contributed by atoms with Crippen molar-refractivity contribution in [2.75, 3.05) is 79.7 Å². The third kappa shape index (κ3) is 27.5. The number of carbonyl (C=O) groups excluding carboxylic acids is 12. The third-order valence-electron chi connectivity index (χ3n) is 19.7. The number of ketones is 3. The molecule has 1 saturated heterocycles. The van der Waals surface area contributed by atoms with Crippen LogP contribution in [0.15, 0.2) is 78.3 Å². The van der Waals surface area contributed by atoms with Gasteiger partial charge in [-0.15, -0.1) is 11.3 Å². The average Bonchev–Trinajstić information content (AvgIpc) is 1.76. The molecule has 2 aromatic carbocycles. The van der Waals surface area contributed by atoms with Crippen LogP contribution in [0.5, 0.6) is 0 Å². The van der Waals surface area contributed by atoms with Crippen LogP contribution in [0, 0.1) is 41.4 Å². The topological polar surface area (TPSA) is 351 Å². The first-order chi connectivity index (χ1) is 50.0. The number of methoxy groups -OCH3 is 2. The molecule has 27 nitrogen and oxygen atoms in total. The van der Waals surface area contributed by atoms with Crippen LogP contribution in [0.4, 0.5) is 15.3 Å². The van der Waals surface area contributed by atoms with Crippen molar-refractivity contribution in [2.24, 2.45) is 47.2 Å². The van der Waals surface area contributed by atoms with Crippen molar-refractivity contribution in [3.05, 3.63) is 94.5 Å². The number of urea groups is 1. The van der Waals surface area contributed by atoms with Crippen molar-refractivity contribution < 1.29 is 81.2 Å². The predicted octanol–water partition coefficient (Wildman–Crippen LogP) is 8.18. The number of benzene rings is 2. The van der Waals surface area contributed by atoms with E-state index < -0.39 is 89.9 Å². The van der Waals surface area contributed by atoms with Gasteiger partial charge in [-0.25, -0.2) is 14.6 Å². The van der Waals surface area contributed by atoms with Gasteiger partial charge in [-0.2, -0.15) is 0 Å². The number of imide groups is 1. The van der Waals surface area contributed by atoms with Gasteiger partial charge in [-0.3, -0.25) is 52.8 Å². The Morgan fingerprint density at radius 2 is 1.40 bits per heavy atom. The molecule has 1 fully saturated rings. The highest BCUT2D eigenvalue weighted by Crippen LogP contribution is 2.33. The molecule has 11 atom stereocenters. The van der Waals surface area contributed by atoms with E-state index in [1.165, 1.54) is 42.5 Å². The van der Waals surface area contributed by atoms with Crippen LogP contribution in [0.25, 0.3) is 0 Å². The number of nitrogens with two attached hydrogens (primary N) is 1. The summed E-state index contributed by atoms with van der Waals surface area (Å²) in [5.41, 5.74) is 7.26. The fourth-order valence-electron chi connectivity index (χ4n) is 13.6. The van der Waals surface area contributed by atoms with Gasteiger partial charge in [0, 0.05) is 128 Å². The van der Waals surface area contributed by atoms with E-state index in [1.54, 1.807) is 68.3 Å². The molecule has 0 spiro atoms. The second kappa shape index (κ2) is 44.6. The number of amides is 10. The Bertz CT molecular complexity index is 3340. The molecule has 0 saturated carbocycles. The van der Waals surface area contributed by atoms with Crippen molar-refractivity contribution in [1.82, 2.24) is 40.5 Å². The van der Waals surface area contributed by atoms with Crippen molar-refractivity contribution in [1.29, 1.82) is 0 Å². The van der Waals surface area contributed by atoms with Crippen molar-refractivity contribution in [3.63, 3.8) is 0 Å². The van der Waals surface area contributed by atoms with Crippen molar-refractivity contribution in [2.45, 2.75) is 195 Å². The number of aromatic nitrogens is 1. The van der Waals surface area contributed by atoms with E-state index in [4.69, 9.17) is 29.4 Å². The molecule has 580 valence electrons. The molecule has 0 radical (unpaired) electrons. The summed E-state index contributed by atoms with van der Waals surface area (Å²) in [5.74, 6) is -6.82. The summed E-state index contributed by atoms with van der Waals surface area (Å²) in [6, 6.07) is 12.4. The van der Waals surface area contributed by atoms with Crippen LogP contribution >= 0.6 is 11.3 Å². The lowest BCUT2D eigenvalue weighted by Gasteiger charge is -2.41. The Labute approximate surface area is 622 Å². The molecule has 0 unspecified atom stereocenters. The normalized spacial score (nSPS) is 16.6. The molecular formula is C77H114N10O17S. The third-order valence-corrected chi connectivity index (χ3v) is 20.6. The number of hydrogen-bond donors (Lipinski definition) is 5. The van der Waals surface area contributed by atoms with Crippen LogP contribution < -0.4 is 27.0 Å². The number of rotatable bonds is 48. The number of likely N-dealkylation sites (N-methyl/N-ethyl adjacent to an activating group) is 2. The number of likely N-dealkylation sites (tertiary alicyclic amines) is 1. The minimum atomic E-state index is -0.975. The zero-order valence-corrected chi connectivity index (χ0v) is 64.4. The first-order valence-corrected chi connectivity index (χ1v) is 37.6. The average molecular weight is 1480 g/mol. The molecule has 0 bridgehead atoms. The van der Waals surface area contributed by atoms with Gasteiger partial charge in [-0.1, -0.05) is 111 Å². The highest BCUT2D eigenvalue weighted by atomic mass is 32.1. The lowest BCUT2D eigenvalue weighted by Crippen LogP contribution is -2.54. The number of ether oxygens (including phenoxy) is 5. The van der Waals surface area contributed by atoms with E-state index in [-0.39, 0.29) is 156 Å². The quantitative estimate of drug-likeness (QED) is 0.0263. The number of thiazole rings is 1. The number of hydrogen-bond acceptors (Lipinski definition) is 19. The van der Waals surface area contributed by atoms with Crippen molar-refractivity contribution in [3.8, 4) is 0 Å². The zero-order chi connectivity index (χ0) is 77.4. The van der Waals surface area contributed by atoms with Gasteiger partial charge in [-0.05, 0) is 85.5 Å². The van der Waals surface area contributed by atoms with Crippen LogP contribution in [-0.2, 0) is 84.7 Å². The summed E-state index contributed by atoms with van der Waals surface area (Å²) in [4.78, 5) is 170. The largest absolute Gasteiger partial charge is 0.445 e. The summed E-state index contributed by atoms with van der Waals surface area (Å²) in [5, 5.41) is 14.0. The fraction of sp³-hybridized carbons (Fsp3) is 0.623. The minimum absolute atomic E-state index is 0.0342. The number of nitrogens with zero attached hydrogens (tertiary/aromatic N) is 5. The molecule has 3 heterocycles. The molecule has 1 aromatic heterocycles. The van der Waals surface area contributed by atoms with E-state index in [0.29, 0.717) is 56.3 Å². The first kappa shape index (κ1) is 87.3. The van der Waals surface area contributed by atoms with E-state index in [9.17, 15) is 57.5 Å². The minimum Gasteiger partial charge on any atom is -0.445 e. The number of primary amides is 1. The fourth-order valence-corrected chi connectivity index (χ4v) is 14.3. The molecule has 28 heteroatoms. The van der Waals surface area contributed by atoms with Crippen LogP contribution in [0.1, 0.15) is 162 Å². The smallest absolute Gasteiger partial charge is 0.410 e. The second-order valence-corrected chi connectivity index (χ2v) is 29.3. The predicted molar refractivity (Wildman–Crippen MR) is 397 cm³/mol. The van der Waals surface area contributed by atoms with Crippen LogP contribution in [0.3, 0.4) is 0 Å². The standard InChI is InChI=1S/C77H114N10O17S/c1-14-51(8)70(63(100-12)46-67(94)86-36-19-25-60(86)71(101-13)52(9)72(95)82-59(74-79-35-42-105-74)43-53-21-16-15-17-22-53)84(10)75(97)58(48(2)3)45-62(90)69(50(6)7)85(11)77(99)104-47-54-26-28-56(29-27-54)81-73(96)55(23-18-34-80-76(78)98)44-61(89)68(49(4)5)83-64(91)33-39-103-41-40-102-38-20-24-57(88)32-37-87-65(92)30-31-66(87)93/h15-17,21-22,26-31,35,42,48-52,55,58-60,63,68-71H,14,18-20,23-25,32-34,36-41,43-47H2,1-13H3,(H,81,96)(H,82,95)(H,83,91)(H3,78,80,98)/t51-,52+,55+,58-,59-,60-,63+,68-,69-,70-,71+/m0/s1. The van der Waals surface area contributed by atoms with E-state index in [2.05, 4.69) is 26.3 Å². The Morgan fingerprint density at radius 3 is 2.00 bits per heavy atom. The Balaban J connectivity index is 1.13. The highest BCUT2D eigenvalue weighted by molar-refractivity contribution is 7.09. The molecule has 2 aliphatic rings. The SMILES string of the molecule is CC[C@H](C)[C@@H]([C@@H](CC(=O)N1CCC[C@H]1[C@H](OC)[C@@H](C)C(=O)N[C@@H](Cc1ccccc1)c1nccs1)OC)N(C)C(=O)[C@@H](CC(=O)[C@H](C(C)C)N(C)C(=O)OCc1ccc(NC(=O)[C@H](CCCNC(N)=O)CC(=O)[C@@H](NC(=O)CCOCCOCCCC(=O)CCN2C(=O)C=CC2=O)C(C)C)cc1)C(C)C. The maximum atomic E-state index is 15.0. The molecule has 5 rings (SSSR count). The number of anilines is 1. The zero-order valence-electron chi connectivity index (χ0n) is 63.6. The number of carbonyl (C=O) groups is 12. The maximum Gasteiger partial charge on any atom is 0.410 e. The van der Waals surface area contributed by atoms with Gasteiger partial charge in [0.05, 0.1) is 74.6 Å². The summed E-state index contributed by atoms with van der Waals surface area (Å²) in [7, 11) is 6.26. The maximum absolute atomic E-state index is 15.0. The van der Waals surface area contributed by atoms with E-state index in [0.717, 1.165) is 15.5 Å².